The summed E-state index contributed by atoms with van der Waals surface area (Å²) in [6.45, 7) is 2.74. The minimum Gasteiger partial charge on any atom is -0.395 e. The summed E-state index contributed by atoms with van der Waals surface area (Å²) >= 11 is 0. The summed E-state index contributed by atoms with van der Waals surface area (Å²) in [5.41, 5.74) is 0.930. The first kappa shape index (κ1) is 13.3. The number of hydrogen-bond acceptors (Lipinski definition) is 5. The van der Waals surface area contributed by atoms with Crippen LogP contribution in [0.25, 0.3) is 5.78 Å². The molecule has 0 bridgehead atoms. The third-order valence-electron chi connectivity index (χ3n) is 4.01. The lowest BCUT2D eigenvalue weighted by Crippen LogP contribution is -2.40. The number of aryl methyl sites for hydroxylation is 1. The van der Waals surface area contributed by atoms with Crippen molar-refractivity contribution in [3.05, 3.63) is 18.1 Å². The third kappa shape index (κ3) is 2.47. The molecule has 0 saturated heterocycles. The summed E-state index contributed by atoms with van der Waals surface area (Å²) in [7, 11) is 0. The van der Waals surface area contributed by atoms with Gasteiger partial charge >= 0.3 is 0 Å². The van der Waals surface area contributed by atoms with Gasteiger partial charge in [0.05, 0.1) is 6.61 Å². The van der Waals surface area contributed by atoms with Gasteiger partial charge in [0.25, 0.3) is 5.78 Å². The van der Waals surface area contributed by atoms with E-state index in [0.29, 0.717) is 18.4 Å². The highest BCUT2D eigenvalue weighted by Gasteiger charge is 2.23. The second-order valence-electron chi connectivity index (χ2n) is 5.44. The van der Waals surface area contributed by atoms with Gasteiger partial charge in [0.2, 0.25) is 0 Å². The van der Waals surface area contributed by atoms with Crippen LogP contribution in [0.4, 0.5) is 5.82 Å². The van der Waals surface area contributed by atoms with Crippen molar-refractivity contribution in [3.8, 4) is 0 Å². The zero-order valence-corrected chi connectivity index (χ0v) is 11.9. The number of rotatable bonds is 4. The number of anilines is 1. The Balaban J connectivity index is 2.01. The molecule has 0 unspecified atom stereocenters. The summed E-state index contributed by atoms with van der Waals surface area (Å²) in [5.74, 6) is 1.62. The quantitative estimate of drug-likeness (QED) is 0.917. The summed E-state index contributed by atoms with van der Waals surface area (Å²) in [6.07, 6.45) is 7.73. The Morgan fingerprint density at radius 1 is 1.35 bits per heavy atom. The summed E-state index contributed by atoms with van der Waals surface area (Å²) in [4.78, 5) is 10.8. The molecule has 0 amide bonds. The molecule has 108 valence electrons. The molecular weight excluding hydrogens is 254 g/mol. The molecule has 1 saturated carbocycles. The lowest BCUT2D eigenvalue weighted by Gasteiger charge is -2.35. The van der Waals surface area contributed by atoms with Crippen molar-refractivity contribution in [2.24, 2.45) is 0 Å². The van der Waals surface area contributed by atoms with Gasteiger partial charge < -0.3 is 10.0 Å². The lowest BCUT2D eigenvalue weighted by molar-refractivity contribution is 0.289. The molecule has 1 N–H and O–H groups in total. The maximum absolute atomic E-state index is 9.42. The van der Waals surface area contributed by atoms with E-state index in [2.05, 4.69) is 20.0 Å². The Morgan fingerprint density at radius 3 is 2.90 bits per heavy atom. The summed E-state index contributed by atoms with van der Waals surface area (Å²) < 4.78 is 1.78. The number of fused-ring (bicyclic) bond motifs is 1. The zero-order valence-electron chi connectivity index (χ0n) is 11.9. The van der Waals surface area contributed by atoms with Gasteiger partial charge in [0.1, 0.15) is 12.1 Å². The van der Waals surface area contributed by atoms with Crippen molar-refractivity contribution in [2.45, 2.75) is 45.1 Å². The van der Waals surface area contributed by atoms with E-state index in [9.17, 15) is 5.11 Å². The zero-order chi connectivity index (χ0) is 13.9. The first-order valence-corrected chi connectivity index (χ1v) is 7.34. The van der Waals surface area contributed by atoms with Gasteiger partial charge in [-0.25, -0.2) is 4.98 Å². The molecule has 2 aromatic rings. The van der Waals surface area contributed by atoms with Gasteiger partial charge in [0, 0.05) is 24.3 Å². The summed E-state index contributed by atoms with van der Waals surface area (Å²) in [5, 5.41) is 13.7. The molecule has 6 heteroatoms. The van der Waals surface area contributed by atoms with Crippen molar-refractivity contribution in [1.82, 2.24) is 19.6 Å². The SMILES string of the molecule is Cc1cc(N(CCO)C2CCCCC2)n2ncnc2n1. The van der Waals surface area contributed by atoms with Crippen molar-refractivity contribution < 1.29 is 5.11 Å². The number of aliphatic hydroxyl groups excluding tert-OH is 1. The van der Waals surface area contributed by atoms with E-state index < -0.39 is 0 Å². The molecule has 1 fully saturated rings. The third-order valence-corrected chi connectivity index (χ3v) is 4.01. The smallest absolute Gasteiger partial charge is 0.254 e. The van der Waals surface area contributed by atoms with E-state index in [1.165, 1.54) is 38.4 Å². The van der Waals surface area contributed by atoms with E-state index in [0.717, 1.165) is 11.5 Å². The van der Waals surface area contributed by atoms with Crippen LogP contribution in [0.5, 0.6) is 0 Å². The van der Waals surface area contributed by atoms with E-state index in [4.69, 9.17) is 0 Å². The van der Waals surface area contributed by atoms with Gasteiger partial charge in [-0.2, -0.15) is 14.6 Å². The first-order valence-electron chi connectivity index (χ1n) is 7.34. The predicted molar refractivity (Wildman–Crippen MR) is 76.8 cm³/mol. The highest BCUT2D eigenvalue weighted by molar-refractivity contribution is 5.48. The summed E-state index contributed by atoms with van der Waals surface area (Å²) in [6, 6.07) is 2.51. The topological polar surface area (TPSA) is 66.5 Å². The lowest BCUT2D eigenvalue weighted by atomic mass is 9.94. The van der Waals surface area contributed by atoms with Crippen molar-refractivity contribution in [2.75, 3.05) is 18.1 Å². The Kier molecular flexibility index (Phi) is 3.82. The standard InChI is InChI=1S/C14H21N5O/c1-11-9-13(19-14(17-11)15-10-16-19)18(7-8-20)12-5-3-2-4-6-12/h9-10,12,20H,2-8H2,1H3. The first-order chi connectivity index (χ1) is 9.79. The molecule has 2 heterocycles. The normalized spacial score (nSPS) is 16.7. The fourth-order valence-corrected chi connectivity index (χ4v) is 3.10. The van der Waals surface area contributed by atoms with Crippen LogP contribution in [0, 0.1) is 6.92 Å². The molecule has 0 atom stereocenters. The fourth-order valence-electron chi connectivity index (χ4n) is 3.10. The Hall–Kier alpha value is -1.69. The van der Waals surface area contributed by atoms with E-state index >= 15 is 0 Å². The Morgan fingerprint density at radius 2 is 2.15 bits per heavy atom. The van der Waals surface area contributed by atoms with E-state index in [1.54, 1.807) is 4.52 Å². The minimum absolute atomic E-state index is 0.147. The minimum atomic E-state index is 0.147. The van der Waals surface area contributed by atoms with Crippen LogP contribution >= 0.6 is 0 Å². The van der Waals surface area contributed by atoms with Crippen molar-refractivity contribution in [3.63, 3.8) is 0 Å². The van der Waals surface area contributed by atoms with Gasteiger partial charge in [-0.3, -0.25) is 0 Å². The number of hydrogen-bond donors (Lipinski definition) is 1. The molecule has 20 heavy (non-hydrogen) atoms. The molecule has 0 radical (unpaired) electrons. The number of nitrogens with zero attached hydrogens (tertiary/aromatic N) is 5. The largest absolute Gasteiger partial charge is 0.395 e. The second kappa shape index (κ2) is 5.75. The Bertz CT molecular complexity index is 576. The molecule has 1 aliphatic rings. The van der Waals surface area contributed by atoms with Gasteiger partial charge in [-0.1, -0.05) is 19.3 Å². The van der Waals surface area contributed by atoms with Crippen LogP contribution < -0.4 is 4.90 Å². The molecular formula is C14H21N5O. The van der Waals surface area contributed by atoms with Crippen molar-refractivity contribution in [1.29, 1.82) is 0 Å². The van der Waals surface area contributed by atoms with E-state index in [1.807, 2.05) is 13.0 Å². The number of aromatic nitrogens is 4. The molecule has 0 aromatic carbocycles. The van der Waals surface area contributed by atoms with Gasteiger partial charge in [0.15, 0.2) is 0 Å². The molecule has 0 aliphatic heterocycles. The van der Waals surface area contributed by atoms with Crippen LogP contribution in [0.2, 0.25) is 0 Å². The van der Waals surface area contributed by atoms with Crippen LogP contribution in [0.15, 0.2) is 12.4 Å². The molecule has 1 aliphatic carbocycles. The average Bonchev–Trinajstić information content (AvgIpc) is 2.93. The van der Waals surface area contributed by atoms with Crippen LogP contribution in [-0.2, 0) is 0 Å². The highest BCUT2D eigenvalue weighted by atomic mass is 16.3. The maximum atomic E-state index is 9.42. The van der Waals surface area contributed by atoms with Gasteiger partial charge in [-0.15, -0.1) is 0 Å². The van der Waals surface area contributed by atoms with Gasteiger partial charge in [-0.05, 0) is 19.8 Å². The molecule has 2 aromatic heterocycles. The molecule has 3 rings (SSSR count). The fraction of sp³-hybridized carbons (Fsp3) is 0.643. The van der Waals surface area contributed by atoms with Crippen LogP contribution in [0.3, 0.4) is 0 Å². The Labute approximate surface area is 118 Å². The predicted octanol–water partition coefficient (Wildman–Crippen LogP) is 1.56. The monoisotopic (exact) mass is 275 g/mol. The molecule has 0 spiro atoms. The maximum Gasteiger partial charge on any atom is 0.254 e. The van der Waals surface area contributed by atoms with E-state index in [-0.39, 0.29) is 6.61 Å². The van der Waals surface area contributed by atoms with Crippen molar-refractivity contribution >= 4 is 11.6 Å². The van der Waals surface area contributed by atoms with Crippen LogP contribution in [-0.4, -0.2) is 43.9 Å². The second-order valence-corrected chi connectivity index (χ2v) is 5.44. The number of aliphatic hydroxyl groups is 1. The molecule has 6 nitrogen and oxygen atoms in total. The highest BCUT2D eigenvalue weighted by Crippen LogP contribution is 2.27. The van der Waals surface area contributed by atoms with Crippen LogP contribution in [0.1, 0.15) is 37.8 Å². The average molecular weight is 275 g/mol.